The standard InChI is InChI=1S/C10H12N4OS/c1-6-3-8(7(2)16-6)10(15)11-4-9-12-5-13-14-9/h3,5H,4H2,1-2H3,(H,11,15)(H,12,13,14). The fourth-order valence-electron chi connectivity index (χ4n) is 1.43. The summed E-state index contributed by atoms with van der Waals surface area (Å²) in [6.07, 6.45) is 1.42. The molecule has 0 aliphatic heterocycles. The van der Waals surface area contributed by atoms with Gasteiger partial charge in [0.15, 0.2) is 0 Å². The highest BCUT2D eigenvalue weighted by Gasteiger charge is 2.11. The third-order valence-electron chi connectivity index (χ3n) is 2.17. The number of aromatic amines is 1. The molecule has 5 nitrogen and oxygen atoms in total. The second kappa shape index (κ2) is 4.44. The summed E-state index contributed by atoms with van der Waals surface area (Å²) in [4.78, 5) is 17.9. The molecule has 0 spiro atoms. The third kappa shape index (κ3) is 2.27. The molecule has 2 aromatic rings. The van der Waals surface area contributed by atoms with Crippen molar-refractivity contribution in [2.24, 2.45) is 0 Å². The van der Waals surface area contributed by atoms with Crippen molar-refractivity contribution in [3.8, 4) is 0 Å². The van der Waals surface area contributed by atoms with E-state index in [1.165, 1.54) is 6.33 Å². The van der Waals surface area contributed by atoms with Gasteiger partial charge in [-0.1, -0.05) is 0 Å². The molecule has 0 saturated carbocycles. The smallest absolute Gasteiger partial charge is 0.252 e. The number of nitrogens with zero attached hydrogens (tertiary/aromatic N) is 2. The number of aromatic nitrogens is 3. The van der Waals surface area contributed by atoms with Gasteiger partial charge in [0.2, 0.25) is 0 Å². The van der Waals surface area contributed by atoms with Crippen molar-refractivity contribution in [3.63, 3.8) is 0 Å². The molecule has 2 aromatic heterocycles. The number of carbonyl (C=O) groups is 1. The lowest BCUT2D eigenvalue weighted by Gasteiger charge is -2.01. The van der Waals surface area contributed by atoms with E-state index in [4.69, 9.17) is 0 Å². The summed E-state index contributed by atoms with van der Waals surface area (Å²) in [6.45, 7) is 4.30. The fraction of sp³-hybridized carbons (Fsp3) is 0.300. The Morgan fingerprint density at radius 2 is 2.38 bits per heavy atom. The van der Waals surface area contributed by atoms with Crippen molar-refractivity contribution >= 4 is 17.2 Å². The summed E-state index contributed by atoms with van der Waals surface area (Å²) in [7, 11) is 0. The number of hydrogen-bond donors (Lipinski definition) is 2. The summed E-state index contributed by atoms with van der Waals surface area (Å²) >= 11 is 1.62. The molecular weight excluding hydrogens is 224 g/mol. The molecule has 0 aliphatic carbocycles. The van der Waals surface area contributed by atoms with Gasteiger partial charge in [-0.25, -0.2) is 4.98 Å². The maximum Gasteiger partial charge on any atom is 0.252 e. The highest BCUT2D eigenvalue weighted by molar-refractivity contribution is 7.12. The number of carbonyl (C=O) groups excluding carboxylic acids is 1. The van der Waals surface area contributed by atoms with E-state index in [2.05, 4.69) is 20.5 Å². The largest absolute Gasteiger partial charge is 0.345 e. The number of H-pyrrole nitrogens is 1. The van der Waals surface area contributed by atoms with Crippen LogP contribution in [0.3, 0.4) is 0 Å². The van der Waals surface area contributed by atoms with E-state index in [0.717, 1.165) is 15.3 Å². The zero-order valence-corrected chi connectivity index (χ0v) is 9.89. The van der Waals surface area contributed by atoms with Gasteiger partial charge in [0.1, 0.15) is 12.2 Å². The quantitative estimate of drug-likeness (QED) is 0.846. The average Bonchev–Trinajstić information content (AvgIpc) is 2.84. The molecule has 0 aliphatic rings. The van der Waals surface area contributed by atoms with Crippen LogP contribution < -0.4 is 5.32 Å². The molecule has 0 saturated heterocycles. The van der Waals surface area contributed by atoms with E-state index in [0.29, 0.717) is 12.4 Å². The number of nitrogens with one attached hydrogen (secondary N) is 2. The first kappa shape index (κ1) is 10.8. The normalized spacial score (nSPS) is 10.4. The van der Waals surface area contributed by atoms with Crippen molar-refractivity contribution in [1.29, 1.82) is 0 Å². The lowest BCUT2D eigenvalue weighted by Crippen LogP contribution is -2.23. The number of amides is 1. The zero-order chi connectivity index (χ0) is 11.5. The first-order chi connectivity index (χ1) is 7.66. The van der Waals surface area contributed by atoms with E-state index in [1.807, 2.05) is 19.9 Å². The third-order valence-corrected chi connectivity index (χ3v) is 3.13. The summed E-state index contributed by atoms with van der Waals surface area (Å²) in [6, 6.07) is 1.90. The molecule has 0 atom stereocenters. The maximum absolute atomic E-state index is 11.8. The van der Waals surface area contributed by atoms with Crippen LogP contribution in [0.4, 0.5) is 0 Å². The molecule has 0 unspecified atom stereocenters. The van der Waals surface area contributed by atoms with E-state index in [9.17, 15) is 4.79 Å². The lowest BCUT2D eigenvalue weighted by molar-refractivity contribution is 0.0950. The van der Waals surface area contributed by atoms with Crippen LogP contribution in [0.5, 0.6) is 0 Å². The predicted octanol–water partition coefficient (Wildman–Crippen LogP) is 1.41. The van der Waals surface area contributed by atoms with Gasteiger partial charge in [0.25, 0.3) is 5.91 Å². The Balaban J connectivity index is 2.01. The van der Waals surface area contributed by atoms with E-state index < -0.39 is 0 Å². The Hall–Kier alpha value is -1.69. The van der Waals surface area contributed by atoms with Crippen LogP contribution in [0.15, 0.2) is 12.4 Å². The Labute approximate surface area is 96.9 Å². The summed E-state index contributed by atoms with van der Waals surface area (Å²) in [5.74, 6) is 0.580. The molecule has 6 heteroatoms. The van der Waals surface area contributed by atoms with Crippen LogP contribution in [0, 0.1) is 13.8 Å². The van der Waals surface area contributed by atoms with Crippen molar-refractivity contribution in [2.75, 3.05) is 0 Å². The maximum atomic E-state index is 11.8. The molecule has 16 heavy (non-hydrogen) atoms. The predicted molar refractivity (Wildman–Crippen MR) is 61.3 cm³/mol. The minimum absolute atomic E-state index is 0.0711. The second-order valence-corrected chi connectivity index (χ2v) is 4.90. The van der Waals surface area contributed by atoms with Crippen LogP contribution in [0.1, 0.15) is 25.9 Å². The molecule has 84 valence electrons. The van der Waals surface area contributed by atoms with Crippen LogP contribution in [0.2, 0.25) is 0 Å². The highest BCUT2D eigenvalue weighted by atomic mass is 32.1. The number of rotatable bonds is 3. The van der Waals surface area contributed by atoms with Crippen molar-refractivity contribution in [1.82, 2.24) is 20.5 Å². The van der Waals surface area contributed by atoms with E-state index in [1.54, 1.807) is 11.3 Å². The second-order valence-electron chi connectivity index (χ2n) is 3.44. The topological polar surface area (TPSA) is 70.7 Å². The Morgan fingerprint density at radius 3 is 2.94 bits per heavy atom. The first-order valence-electron chi connectivity index (χ1n) is 4.86. The fourth-order valence-corrected chi connectivity index (χ4v) is 2.35. The zero-order valence-electron chi connectivity index (χ0n) is 9.07. The first-order valence-corrected chi connectivity index (χ1v) is 5.68. The Morgan fingerprint density at radius 1 is 1.56 bits per heavy atom. The summed E-state index contributed by atoms with van der Waals surface area (Å²) in [5, 5.41) is 9.19. The molecule has 0 aromatic carbocycles. The van der Waals surface area contributed by atoms with Gasteiger partial charge >= 0.3 is 0 Å². The van der Waals surface area contributed by atoms with Gasteiger partial charge in [-0.3, -0.25) is 9.89 Å². The van der Waals surface area contributed by atoms with Gasteiger partial charge < -0.3 is 5.32 Å². The Kier molecular flexibility index (Phi) is 3.00. The Bertz CT molecular complexity index is 489. The highest BCUT2D eigenvalue weighted by Crippen LogP contribution is 2.20. The lowest BCUT2D eigenvalue weighted by atomic mass is 10.2. The van der Waals surface area contributed by atoms with E-state index >= 15 is 0 Å². The molecule has 0 radical (unpaired) electrons. The van der Waals surface area contributed by atoms with Crippen LogP contribution in [-0.2, 0) is 6.54 Å². The molecule has 0 fully saturated rings. The molecule has 2 rings (SSSR count). The monoisotopic (exact) mass is 236 g/mol. The summed E-state index contributed by atoms with van der Waals surface area (Å²) in [5.41, 5.74) is 0.738. The molecule has 0 bridgehead atoms. The summed E-state index contributed by atoms with van der Waals surface area (Å²) < 4.78 is 0. The average molecular weight is 236 g/mol. The number of thiophene rings is 1. The van der Waals surface area contributed by atoms with Crippen LogP contribution in [0.25, 0.3) is 0 Å². The molecule has 2 heterocycles. The van der Waals surface area contributed by atoms with Gasteiger partial charge in [0, 0.05) is 9.75 Å². The number of hydrogen-bond acceptors (Lipinski definition) is 4. The number of aryl methyl sites for hydroxylation is 2. The van der Waals surface area contributed by atoms with Gasteiger partial charge in [-0.15, -0.1) is 11.3 Å². The van der Waals surface area contributed by atoms with E-state index in [-0.39, 0.29) is 5.91 Å². The van der Waals surface area contributed by atoms with Gasteiger partial charge in [-0.2, -0.15) is 5.10 Å². The molecule has 1 amide bonds. The molecular formula is C10H12N4OS. The van der Waals surface area contributed by atoms with Crippen LogP contribution in [-0.4, -0.2) is 21.1 Å². The van der Waals surface area contributed by atoms with Crippen molar-refractivity contribution < 1.29 is 4.79 Å². The van der Waals surface area contributed by atoms with Gasteiger partial charge in [0.05, 0.1) is 12.1 Å². The van der Waals surface area contributed by atoms with Gasteiger partial charge in [-0.05, 0) is 19.9 Å². The molecule has 2 N–H and O–H groups in total. The van der Waals surface area contributed by atoms with Crippen molar-refractivity contribution in [3.05, 3.63) is 33.5 Å². The van der Waals surface area contributed by atoms with Crippen LogP contribution >= 0.6 is 11.3 Å². The SMILES string of the molecule is Cc1cc(C(=O)NCc2ncn[nH]2)c(C)s1. The minimum atomic E-state index is -0.0711. The van der Waals surface area contributed by atoms with Crippen molar-refractivity contribution in [2.45, 2.75) is 20.4 Å². The minimum Gasteiger partial charge on any atom is -0.345 e.